The summed E-state index contributed by atoms with van der Waals surface area (Å²) in [5.74, 6) is 0.943. The van der Waals surface area contributed by atoms with Crippen LogP contribution in [0.1, 0.15) is 40.5 Å². The molecule has 1 amide bonds. The number of rotatable bonds is 4. The van der Waals surface area contributed by atoms with Crippen LogP contribution in [-0.4, -0.2) is 20.7 Å². The van der Waals surface area contributed by atoms with Crippen LogP contribution >= 0.6 is 0 Å². The Morgan fingerprint density at radius 3 is 2.65 bits per heavy atom. The van der Waals surface area contributed by atoms with Gasteiger partial charge in [-0.15, -0.1) is 0 Å². The summed E-state index contributed by atoms with van der Waals surface area (Å²) in [5.41, 5.74) is 8.26. The Balaban J connectivity index is 2.11. The average Bonchev–Trinajstić information content (AvgIpc) is 2.87. The van der Waals surface area contributed by atoms with E-state index in [1.807, 2.05) is 20.8 Å². The molecule has 2 heterocycles. The number of hydrogen-bond donors (Lipinski definition) is 2. The summed E-state index contributed by atoms with van der Waals surface area (Å²) in [6.45, 7) is 5.86. The Labute approximate surface area is 117 Å². The number of nitrogens with two attached hydrogens (primary N) is 1. The molecule has 0 aliphatic rings. The van der Waals surface area contributed by atoms with Crippen molar-refractivity contribution in [3.05, 3.63) is 28.7 Å². The van der Waals surface area contributed by atoms with Crippen LogP contribution in [0, 0.1) is 13.8 Å². The molecule has 2 rings (SSSR count). The summed E-state index contributed by atoms with van der Waals surface area (Å²) in [6, 6.07) is 0. The summed E-state index contributed by atoms with van der Waals surface area (Å²) in [4.78, 5) is 16.4. The van der Waals surface area contributed by atoms with E-state index < -0.39 is 0 Å². The molecule has 0 bridgehead atoms. The van der Waals surface area contributed by atoms with Crippen LogP contribution in [0.15, 0.2) is 4.42 Å². The average molecular weight is 277 g/mol. The van der Waals surface area contributed by atoms with Crippen molar-refractivity contribution in [1.82, 2.24) is 20.1 Å². The number of nitrogen functional groups attached to an aromatic ring is 1. The third-order valence-corrected chi connectivity index (χ3v) is 3.18. The number of hydrogen-bond acceptors (Lipinski definition) is 5. The van der Waals surface area contributed by atoms with E-state index in [1.165, 1.54) is 4.68 Å². The zero-order valence-corrected chi connectivity index (χ0v) is 12.1. The van der Waals surface area contributed by atoms with Crippen LogP contribution in [0.5, 0.6) is 0 Å². The Hall–Kier alpha value is -2.31. The van der Waals surface area contributed by atoms with Crippen LogP contribution in [0.4, 0.5) is 5.69 Å². The highest BCUT2D eigenvalue weighted by Crippen LogP contribution is 2.17. The first-order valence-corrected chi connectivity index (χ1v) is 6.46. The van der Waals surface area contributed by atoms with E-state index in [9.17, 15) is 4.79 Å². The van der Waals surface area contributed by atoms with Gasteiger partial charge in [0.1, 0.15) is 11.5 Å². The van der Waals surface area contributed by atoms with Crippen molar-refractivity contribution >= 4 is 11.6 Å². The maximum absolute atomic E-state index is 12.2. The second-order valence-electron chi connectivity index (χ2n) is 4.62. The number of carbonyl (C=O) groups excluding carboxylic acids is 1. The lowest BCUT2D eigenvalue weighted by atomic mass is 10.2. The van der Waals surface area contributed by atoms with E-state index in [2.05, 4.69) is 15.4 Å². The first-order valence-electron chi connectivity index (χ1n) is 6.46. The fraction of sp³-hybridized carbons (Fsp3) is 0.462. The normalized spacial score (nSPS) is 10.8. The highest BCUT2D eigenvalue weighted by molar-refractivity contribution is 5.97. The summed E-state index contributed by atoms with van der Waals surface area (Å²) < 4.78 is 6.90. The van der Waals surface area contributed by atoms with Crippen molar-refractivity contribution in [3.63, 3.8) is 0 Å². The molecule has 0 aliphatic carbocycles. The van der Waals surface area contributed by atoms with Crippen LogP contribution in [-0.2, 0) is 20.0 Å². The van der Waals surface area contributed by atoms with Crippen molar-refractivity contribution in [2.24, 2.45) is 7.05 Å². The van der Waals surface area contributed by atoms with Crippen LogP contribution in [0.2, 0.25) is 0 Å². The molecule has 0 saturated heterocycles. The Morgan fingerprint density at radius 2 is 2.15 bits per heavy atom. The maximum atomic E-state index is 12.2. The fourth-order valence-corrected chi connectivity index (χ4v) is 1.98. The van der Waals surface area contributed by atoms with Crippen LogP contribution < -0.4 is 11.1 Å². The number of amides is 1. The topological polar surface area (TPSA) is 99.0 Å². The van der Waals surface area contributed by atoms with Gasteiger partial charge in [0, 0.05) is 7.05 Å². The largest absolute Gasteiger partial charge is 0.444 e. The number of nitrogens with one attached hydrogen (secondary N) is 1. The second kappa shape index (κ2) is 5.36. The van der Waals surface area contributed by atoms with E-state index in [0.717, 1.165) is 17.1 Å². The number of carbonyl (C=O) groups is 1. The van der Waals surface area contributed by atoms with Crippen molar-refractivity contribution in [2.45, 2.75) is 33.7 Å². The number of nitrogens with zero attached hydrogens (tertiary/aromatic N) is 3. The lowest BCUT2D eigenvalue weighted by Crippen LogP contribution is -2.26. The predicted molar refractivity (Wildman–Crippen MR) is 74.1 cm³/mol. The number of oxazole rings is 1. The minimum Gasteiger partial charge on any atom is -0.444 e. The highest BCUT2D eigenvalue weighted by atomic mass is 16.4. The molecular weight excluding hydrogens is 258 g/mol. The van der Waals surface area contributed by atoms with E-state index in [4.69, 9.17) is 10.2 Å². The molecule has 0 atom stereocenters. The predicted octanol–water partition coefficient (Wildman–Crippen LogP) is 1.10. The van der Waals surface area contributed by atoms with E-state index >= 15 is 0 Å². The lowest BCUT2D eigenvalue weighted by Gasteiger charge is -2.04. The van der Waals surface area contributed by atoms with E-state index in [-0.39, 0.29) is 12.5 Å². The van der Waals surface area contributed by atoms with Gasteiger partial charge in [0.2, 0.25) is 5.89 Å². The molecule has 7 heteroatoms. The molecule has 0 radical (unpaired) electrons. The SMILES string of the molecule is CCc1nn(C)c(C(=O)NCc2nc(C)c(C)o2)c1N. The first kappa shape index (κ1) is 14.1. The molecule has 3 N–H and O–H groups in total. The summed E-state index contributed by atoms with van der Waals surface area (Å²) in [7, 11) is 1.70. The van der Waals surface area contributed by atoms with Gasteiger partial charge in [-0.25, -0.2) is 4.98 Å². The minimum atomic E-state index is -0.286. The number of aryl methyl sites for hydroxylation is 4. The molecule has 108 valence electrons. The molecule has 0 saturated carbocycles. The van der Waals surface area contributed by atoms with Gasteiger partial charge in [-0.3, -0.25) is 9.48 Å². The van der Waals surface area contributed by atoms with Gasteiger partial charge in [-0.05, 0) is 20.3 Å². The molecule has 7 nitrogen and oxygen atoms in total. The molecule has 20 heavy (non-hydrogen) atoms. The quantitative estimate of drug-likeness (QED) is 0.871. The lowest BCUT2D eigenvalue weighted by molar-refractivity contribution is 0.0938. The Kier molecular flexibility index (Phi) is 3.78. The number of aromatic nitrogens is 3. The van der Waals surface area contributed by atoms with Gasteiger partial charge in [0.05, 0.1) is 23.6 Å². The molecule has 2 aromatic heterocycles. The van der Waals surface area contributed by atoms with Gasteiger partial charge in [0.15, 0.2) is 0 Å². The van der Waals surface area contributed by atoms with E-state index in [1.54, 1.807) is 7.05 Å². The van der Waals surface area contributed by atoms with E-state index in [0.29, 0.717) is 23.7 Å². The summed E-state index contributed by atoms with van der Waals surface area (Å²) in [6.07, 6.45) is 0.686. The first-order chi connectivity index (χ1) is 9.43. The van der Waals surface area contributed by atoms with Crippen LogP contribution in [0.25, 0.3) is 0 Å². The molecule has 0 fully saturated rings. The Bertz CT molecular complexity index is 622. The molecule has 2 aromatic rings. The summed E-state index contributed by atoms with van der Waals surface area (Å²) >= 11 is 0. The number of anilines is 1. The minimum absolute atomic E-state index is 0.222. The van der Waals surface area contributed by atoms with Gasteiger partial charge >= 0.3 is 0 Å². The molecular formula is C13H19N5O2. The maximum Gasteiger partial charge on any atom is 0.272 e. The summed E-state index contributed by atoms with van der Waals surface area (Å²) in [5, 5.41) is 6.95. The third kappa shape index (κ3) is 2.52. The highest BCUT2D eigenvalue weighted by Gasteiger charge is 2.19. The van der Waals surface area contributed by atoms with Gasteiger partial charge in [0.25, 0.3) is 5.91 Å². The van der Waals surface area contributed by atoms with Gasteiger partial charge in [-0.1, -0.05) is 6.92 Å². The van der Waals surface area contributed by atoms with Crippen molar-refractivity contribution in [1.29, 1.82) is 0 Å². The second-order valence-corrected chi connectivity index (χ2v) is 4.62. The zero-order chi connectivity index (χ0) is 14.9. The van der Waals surface area contributed by atoms with Gasteiger partial charge in [-0.2, -0.15) is 5.10 Å². The smallest absolute Gasteiger partial charge is 0.272 e. The van der Waals surface area contributed by atoms with Gasteiger partial charge < -0.3 is 15.5 Å². The molecule has 0 aliphatic heterocycles. The van der Waals surface area contributed by atoms with Crippen molar-refractivity contribution in [2.75, 3.05) is 5.73 Å². The standard InChI is InChI=1S/C13H19N5O2/c1-5-9-11(14)12(18(4)17-9)13(19)15-6-10-16-7(2)8(3)20-10/h5-6,14H2,1-4H3,(H,15,19). The Morgan fingerprint density at radius 1 is 1.45 bits per heavy atom. The van der Waals surface area contributed by atoms with Crippen molar-refractivity contribution < 1.29 is 9.21 Å². The third-order valence-electron chi connectivity index (χ3n) is 3.18. The molecule has 0 spiro atoms. The molecule has 0 aromatic carbocycles. The molecule has 0 unspecified atom stereocenters. The van der Waals surface area contributed by atoms with Crippen LogP contribution in [0.3, 0.4) is 0 Å². The zero-order valence-electron chi connectivity index (χ0n) is 12.1. The monoisotopic (exact) mass is 277 g/mol. The van der Waals surface area contributed by atoms with Crippen molar-refractivity contribution in [3.8, 4) is 0 Å². The fourth-order valence-electron chi connectivity index (χ4n) is 1.98.